The lowest BCUT2D eigenvalue weighted by Gasteiger charge is -2.25. The van der Waals surface area contributed by atoms with Crippen LogP contribution in [0.2, 0.25) is 5.02 Å². The van der Waals surface area contributed by atoms with Gasteiger partial charge in [0.25, 0.3) is 5.91 Å². The lowest BCUT2D eigenvalue weighted by molar-refractivity contribution is -0.152. The predicted octanol–water partition coefficient (Wildman–Crippen LogP) is 3.11. The summed E-state index contributed by atoms with van der Waals surface area (Å²) < 4.78 is 5.13. The summed E-state index contributed by atoms with van der Waals surface area (Å²) in [5, 5.41) is 3.22. The van der Waals surface area contributed by atoms with Crippen LogP contribution in [0, 0.1) is 5.92 Å². The zero-order valence-corrected chi connectivity index (χ0v) is 16.9. The molecule has 0 unspecified atom stereocenters. The van der Waals surface area contributed by atoms with Gasteiger partial charge in [-0.25, -0.2) is 0 Å². The Balaban J connectivity index is 1.47. The normalized spacial score (nSPS) is 17.1. The van der Waals surface area contributed by atoms with Gasteiger partial charge in [-0.15, -0.1) is 0 Å². The van der Waals surface area contributed by atoms with E-state index in [1.165, 1.54) is 0 Å². The van der Waals surface area contributed by atoms with Crippen LogP contribution >= 0.6 is 11.6 Å². The quantitative estimate of drug-likeness (QED) is 0.706. The predicted molar refractivity (Wildman–Crippen MR) is 109 cm³/mol. The van der Waals surface area contributed by atoms with Crippen molar-refractivity contribution in [3.8, 4) is 0 Å². The van der Waals surface area contributed by atoms with Gasteiger partial charge in [0.1, 0.15) is 0 Å². The van der Waals surface area contributed by atoms with Gasteiger partial charge in [-0.05, 0) is 24.1 Å². The van der Waals surface area contributed by atoms with Crippen molar-refractivity contribution in [3.05, 3.63) is 70.7 Å². The fraction of sp³-hybridized carbons (Fsp3) is 0.318. The number of carbonyl (C=O) groups excluding carboxylic acids is 3. The molecule has 2 atom stereocenters. The number of esters is 1. The number of benzene rings is 2. The summed E-state index contributed by atoms with van der Waals surface area (Å²) in [6, 6.07) is 16.7. The first-order chi connectivity index (χ1) is 14.0. The molecule has 2 aromatic rings. The van der Waals surface area contributed by atoms with Gasteiger partial charge >= 0.3 is 5.97 Å². The summed E-state index contributed by atoms with van der Waals surface area (Å²) in [5.41, 5.74) is 1.79. The third-order valence-corrected chi connectivity index (χ3v) is 5.39. The Morgan fingerprint density at radius 2 is 1.86 bits per heavy atom. The largest absolute Gasteiger partial charge is 0.455 e. The van der Waals surface area contributed by atoms with Gasteiger partial charge < -0.3 is 15.0 Å². The summed E-state index contributed by atoms with van der Waals surface area (Å²) in [5.74, 6) is -1.61. The average Bonchev–Trinajstić information content (AvgIpc) is 3.13. The van der Waals surface area contributed by atoms with E-state index in [0.717, 1.165) is 11.1 Å². The second-order valence-corrected chi connectivity index (χ2v) is 7.42. The number of nitrogens with zero attached hydrogens (tertiary/aromatic N) is 1. The summed E-state index contributed by atoms with van der Waals surface area (Å²) in [7, 11) is 0. The Kier molecular flexibility index (Phi) is 6.88. The standard InChI is InChI=1S/C22H23ClN2O4/c1-15(16-7-3-2-4-8-16)25-13-18(11-21(25)27)22(28)29-14-20(26)24-12-17-9-5-6-10-19(17)23/h2-10,15,18H,11-14H2,1H3,(H,24,26)/t15-,18+/m0/s1. The molecule has 0 radical (unpaired) electrons. The number of likely N-dealkylation sites (tertiary alicyclic amines) is 1. The minimum atomic E-state index is -0.565. The highest BCUT2D eigenvalue weighted by Gasteiger charge is 2.38. The summed E-state index contributed by atoms with van der Waals surface area (Å²) >= 11 is 6.05. The fourth-order valence-corrected chi connectivity index (χ4v) is 3.52. The van der Waals surface area contributed by atoms with Gasteiger partial charge in [0.2, 0.25) is 5.91 Å². The average molecular weight is 415 g/mol. The second-order valence-electron chi connectivity index (χ2n) is 7.01. The van der Waals surface area contributed by atoms with E-state index in [0.29, 0.717) is 5.02 Å². The summed E-state index contributed by atoms with van der Waals surface area (Å²) in [6.45, 7) is 2.08. The van der Waals surface area contributed by atoms with E-state index in [2.05, 4.69) is 5.32 Å². The number of hydrogen-bond donors (Lipinski definition) is 1. The monoisotopic (exact) mass is 414 g/mol. The van der Waals surface area contributed by atoms with Crippen LogP contribution in [0.15, 0.2) is 54.6 Å². The van der Waals surface area contributed by atoms with Crippen LogP contribution in [0.1, 0.15) is 30.5 Å². The maximum atomic E-state index is 12.4. The van der Waals surface area contributed by atoms with Crippen molar-refractivity contribution in [2.24, 2.45) is 5.92 Å². The highest BCUT2D eigenvalue weighted by atomic mass is 35.5. The van der Waals surface area contributed by atoms with Crippen molar-refractivity contribution >= 4 is 29.4 Å². The van der Waals surface area contributed by atoms with Crippen LogP contribution in [-0.4, -0.2) is 35.8 Å². The van der Waals surface area contributed by atoms with Crippen LogP contribution in [0.4, 0.5) is 0 Å². The van der Waals surface area contributed by atoms with Crippen molar-refractivity contribution < 1.29 is 19.1 Å². The Morgan fingerprint density at radius 1 is 1.17 bits per heavy atom. The number of amides is 2. The van der Waals surface area contributed by atoms with Crippen LogP contribution in [-0.2, 0) is 25.7 Å². The third kappa shape index (κ3) is 5.35. The van der Waals surface area contributed by atoms with Crippen molar-refractivity contribution in [2.75, 3.05) is 13.2 Å². The van der Waals surface area contributed by atoms with Gasteiger partial charge in [-0.1, -0.05) is 60.1 Å². The Morgan fingerprint density at radius 3 is 2.59 bits per heavy atom. The van der Waals surface area contributed by atoms with E-state index in [-0.39, 0.29) is 38.1 Å². The molecule has 152 valence electrons. The van der Waals surface area contributed by atoms with E-state index in [4.69, 9.17) is 16.3 Å². The van der Waals surface area contributed by atoms with Gasteiger partial charge in [0.05, 0.1) is 12.0 Å². The molecular weight excluding hydrogens is 392 g/mol. The molecule has 1 saturated heterocycles. The Hall–Kier alpha value is -2.86. The van der Waals surface area contributed by atoms with Crippen molar-refractivity contribution in [1.29, 1.82) is 0 Å². The molecule has 6 nitrogen and oxygen atoms in total. The van der Waals surface area contributed by atoms with Gasteiger partial charge in [-0.3, -0.25) is 14.4 Å². The SMILES string of the molecule is C[C@@H](c1ccccc1)N1C[C@H](C(=O)OCC(=O)NCc2ccccc2Cl)CC1=O. The number of halogens is 1. The molecule has 2 amide bonds. The molecule has 7 heteroatoms. The summed E-state index contributed by atoms with van der Waals surface area (Å²) in [6.07, 6.45) is 0.0945. The molecule has 1 aliphatic heterocycles. The molecule has 0 aromatic heterocycles. The lowest BCUT2D eigenvalue weighted by Crippen LogP contribution is -2.32. The van der Waals surface area contributed by atoms with Gasteiger partial charge in [0, 0.05) is 24.5 Å². The molecule has 1 fully saturated rings. The highest BCUT2D eigenvalue weighted by Crippen LogP contribution is 2.28. The molecule has 0 saturated carbocycles. The molecule has 3 rings (SSSR count). The summed E-state index contributed by atoms with van der Waals surface area (Å²) in [4.78, 5) is 38.3. The van der Waals surface area contributed by atoms with Gasteiger partial charge in [0.15, 0.2) is 6.61 Å². The molecule has 1 heterocycles. The molecule has 1 aliphatic rings. The molecule has 1 N–H and O–H groups in total. The van der Waals surface area contributed by atoms with Crippen molar-refractivity contribution in [1.82, 2.24) is 10.2 Å². The zero-order chi connectivity index (χ0) is 20.8. The number of carbonyl (C=O) groups is 3. The van der Waals surface area contributed by atoms with Crippen LogP contribution in [0.5, 0.6) is 0 Å². The van der Waals surface area contributed by atoms with Crippen LogP contribution in [0.25, 0.3) is 0 Å². The first kappa shape index (κ1) is 20.9. The van der Waals surface area contributed by atoms with E-state index < -0.39 is 17.8 Å². The van der Waals surface area contributed by atoms with Crippen molar-refractivity contribution in [2.45, 2.75) is 25.9 Å². The molecule has 0 spiro atoms. The molecule has 29 heavy (non-hydrogen) atoms. The van der Waals surface area contributed by atoms with E-state index in [1.54, 1.807) is 23.1 Å². The van der Waals surface area contributed by atoms with E-state index in [9.17, 15) is 14.4 Å². The molecule has 0 bridgehead atoms. The third-order valence-electron chi connectivity index (χ3n) is 5.02. The second kappa shape index (κ2) is 9.56. The van der Waals surface area contributed by atoms with Gasteiger partial charge in [-0.2, -0.15) is 0 Å². The number of nitrogens with one attached hydrogen (secondary N) is 1. The Labute approximate surface area is 174 Å². The van der Waals surface area contributed by atoms with Crippen LogP contribution in [0.3, 0.4) is 0 Å². The number of ether oxygens (including phenoxy) is 1. The number of hydrogen-bond acceptors (Lipinski definition) is 4. The highest BCUT2D eigenvalue weighted by molar-refractivity contribution is 6.31. The Bertz CT molecular complexity index is 887. The minimum Gasteiger partial charge on any atom is -0.455 e. The zero-order valence-electron chi connectivity index (χ0n) is 16.1. The smallest absolute Gasteiger partial charge is 0.311 e. The lowest BCUT2D eigenvalue weighted by atomic mass is 10.1. The number of rotatable bonds is 7. The minimum absolute atomic E-state index is 0.0912. The maximum Gasteiger partial charge on any atom is 0.311 e. The van der Waals surface area contributed by atoms with E-state index >= 15 is 0 Å². The van der Waals surface area contributed by atoms with Crippen molar-refractivity contribution in [3.63, 3.8) is 0 Å². The molecule has 0 aliphatic carbocycles. The molecule has 2 aromatic carbocycles. The first-order valence-electron chi connectivity index (χ1n) is 9.47. The topological polar surface area (TPSA) is 75.7 Å². The van der Waals surface area contributed by atoms with Crippen LogP contribution < -0.4 is 5.32 Å². The van der Waals surface area contributed by atoms with E-state index in [1.807, 2.05) is 43.3 Å². The fourth-order valence-electron chi connectivity index (χ4n) is 3.32. The molecular formula is C22H23ClN2O4. The maximum absolute atomic E-state index is 12.4. The first-order valence-corrected chi connectivity index (χ1v) is 9.84.